The number of hydrogen-bond donors (Lipinski definition) is 2. The van der Waals surface area contributed by atoms with E-state index in [2.05, 4.69) is 15.3 Å². The molecule has 3 aromatic rings. The normalized spacial score (nSPS) is 10.9. The van der Waals surface area contributed by atoms with Gasteiger partial charge in [0.05, 0.1) is 10.6 Å². The van der Waals surface area contributed by atoms with Gasteiger partial charge in [0, 0.05) is 17.5 Å². The second-order valence-corrected chi connectivity index (χ2v) is 6.42. The first-order valence-electron chi connectivity index (χ1n) is 7.43. The van der Waals surface area contributed by atoms with Crippen LogP contribution in [0.4, 0.5) is 5.95 Å². The van der Waals surface area contributed by atoms with Crippen molar-refractivity contribution in [3.63, 3.8) is 0 Å². The summed E-state index contributed by atoms with van der Waals surface area (Å²) in [5.74, 6) is 0.126. The Balaban J connectivity index is 2.27. The van der Waals surface area contributed by atoms with Crippen LogP contribution in [-0.4, -0.2) is 22.4 Å². The highest BCUT2D eigenvalue weighted by molar-refractivity contribution is 7.20. The van der Waals surface area contributed by atoms with Crippen molar-refractivity contribution in [2.45, 2.75) is 20.8 Å². The van der Waals surface area contributed by atoms with Crippen molar-refractivity contribution in [2.24, 2.45) is 0 Å². The molecule has 0 spiro atoms. The Hall–Kier alpha value is -2.47. The van der Waals surface area contributed by atoms with E-state index in [0.717, 1.165) is 32.6 Å². The molecule has 0 atom stereocenters. The first-order valence-corrected chi connectivity index (χ1v) is 8.24. The summed E-state index contributed by atoms with van der Waals surface area (Å²) < 4.78 is 0. The largest absolute Gasteiger partial charge is 0.368 e. The summed E-state index contributed by atoms with van der Waals surface area (Å²) in [5.41, 5.74) is 9.97. The average molecular weight is 326 g/mol. The number of aryl methyl sites for hydroxylation is 2. The van der Waals surface area contributed by atoms with Gasteiger partial charge in [0.1, 0.15) is 4.83 Å². The Kier molecular flexibility index (Phi) is 4.00. The fourth-order valence-corrected chi connectivity index (χ4v) is 3.63. The summed E-state index contributed by atoms with van der Waals surface area (Å²) >= 11 is 1.34. The minimum atomic E-state index is -0.0958. The van der Waals surface area contributed by atoms with Crippen LogP contribution >= 0.6 is 11.3 Å². The Morgan fingerprint density at radius 3 is 2.61 bits per heavy atom. The van der Waals surface area contributed by atoms with Crippen LogP contribution in [0.3, 0.4) is 0 Å². The molecule has 0 aliphatic heterocycles. The van der Waals surface area contributed by atoms with Crippen molar-refractivity contribution in [2.75, 3.05) is 12.3 Å². The van der Waals surface area contributed by atoms with Gasteiger partial charge in [-0.1, -0.05) is 18.2 Å². The van der Waals surface area contributed by atoms with E-state index in [1.165, 1.54) is 11.3 Å². The molecular weight excluding hydrogens is 308 g/mol. The van der Waals surface area contributed by atoms with E-state index in [1.54, 1.807) is 0 Å². The third-order valence-electron chi connectivity index (χ3n) is 3.69. The number of nitrogens with zero attached hydrogens (tertiary/aromatic N) is 2. The Bertz CT molecular complexity index is 881. The molecule has 6 heteroatoms. The molecule has 2 heterocycles. The van der Waals surface area contributed by atoms with Crippen LogP contribution in [-0.2, 0) is 0 Å². The van der Waals surface area contributed by atoms with E-state index in [0.29, 0.717) is 11.4 Å². The van der Waals surface area contributed by atoms with E-state index in [4.69, 9.17) is 5.73 Å². The monoisotopic (exact) mass is 326 g/mol. The SMILES string of the molecule is CCNC(=O)c1cc2c(-c3c(C)cccc3C)nc(N)nc2s1. The third kappa shape index (κ3) is 2.77. The van der Waals surface area contributed by atoms with Gasteiger partial charge in [-0.25, -0.2) is 9.97 Å². The van der Waals surface area contributed by atoms with Crippen molar-refractivity contribution in [1.82, 2.24) is 15.3 Å². The molecule has 0 aliphatic rings. The van der Waals surface area contributed by atoms with Gasteiger partial charge in [-0.3, -0.25) is 4.79 Å². The zero-order valence-corrected chi connectivity index (χ0v) is 14.1. The molecule has 0 unspecified atom stereocenters. The van der Waals surface area contributed by atoms with E-state index < -0.39 is 0 Å². The number of thiophene rings is 1. The summed E-state index contributed by atoms with van der Waals surface area (Å²) in [4.78, 5) is 22.2. The van der Waals surface area contributed by atoms with Crippen LogP contribution in [0, 0.1) is 13.8 Å². The van der Waals surface area contributed by atoms with E-state index in [-0.39, 0.29) is 11.9 Å². The Labute approximate surface area is 138 Å². The fraction of sp³-hybridized carbons (Fsp3) is 0.235. The first-order chi connectivity index (χ1) is 11.0. The number of rotatable bonds is 3. The molecule has 23 heavy (non-hydrogen) atoms. The highest BCUT2D eigenvalue weighted by atomic mass is 32.1. The predicted molar refractivity (Wildman–Crippen MR) is 94.7 cm³/mol. The molecule has 5 nitrogen and oxygen atoms in total. The molecule has 0 aliphatic carbocycles. The highest BCUT2D eigenvalue weighted by Crippen LogP contribution is 2.35. The molecule has 2 aromatic heterocycles. The number of fused-ring (bicyclic) bond motifs is 1. The predicted octanol–water partition coefficient (Wildman–Crippen LogP) is 3.31. The maximum Gasteiger partial charge on any atom is 0.261 e. The molecule has 3 rings (SSSR count). The van der Waals surface area contributed by atoms with Crippen LogP contribution in [0.2, 0.25) is 0 Å². The molecule has 0 fully saturated rings. The minimum absolute atomic E-state index is 0.0958. The second kappa shape index (κ2) is 5.96. The molecule has 0 radical (unpaired) electrons. The number of aromatic nitrogens is 2. The van der Waals surface area contributed by atoms with Gasteiger partial charge in [0.15, 0.2) is 0 Å². The number of nitrogens with one attached hydrogen (secondary N) is 1. The van der Waals surface area contributed by atoms with Crippen LogP contribution in [0.5, 0.6) is 0 Å². The number of carbonyl (C=O) groups is 1. The molecule has 0 saturated heterocycles. The van der Waals surface area contributed by atoms with Gasteiger partial charge in [0.25, 0.3) is 5.91 Å². The molecular formula is C17H18N4OS. The molecule has 1 aromatic carbocycles. The van der Waals surface area contributed by atoms with E-state index in [9.17, 15) is 4.79 Å². The van der Waals surface area contributed by atoms with Gasteiger partial charge in [-0.2, -0.15) is 0 Å². The number of benzene rings is 1. The van der Waals surface area contributed by atoms with Crippen molar-refractivity contribution < 1.29 is 4.79 Å². The summed E-state index contributed by atoms with van der Waals surface area (Å²) in [6.07, 6.45) is 0. The van der Waals surface area contributed by atoms with Gasteiger partial charge < -0.3 is 11.1 Å². The van der Waals surface area contributed by atoms with Gasteiger partial charge in [0.2, 0.25) is 5.95 Å². The van der Waals surface area contributed by atoms with Crippen LogP contribution in [0.25, 0.3) is 21.5 Å². The van der Waals surface area contributed by atoms with Crippen LogP contribution < -0.4 is 11.1 Å². The quantitative estimate of drug-likeness (QED) is 0.774. The van der Waals surface area contributed by atoms with Gasteiger partial charge in [-0.05, 0) is 38.0 Å². The summed E-state index contributed by atoms with van der Waals surface area (Å²) in [7, 11) is 0. The van der Waals surface area contributed by atoms with Crippen LogP contribution in [0.15, 0.2) is 24.3 Å². The number of anilines is 1. The standard InChI is InChI=1S/C17H18N4OS/c1-4-19-15(22)12-8-11-14(20-17(18)21-16(11)23-12)13-9(2)6-5-7-10(13)3/h5-8H,4H2,1-3H3,(H,19,22)(H2,18,20,21). The smallest absolute Gasteiger partial charge is 0.261 e. The summed E-state index contributed by atoms with van der Waals surface area (Å²) in [6.45, 7) is 6.57. The molecule has 0 saturated carbocycles. The lowest BCUT2D eigenvalue weighted by molar-refractivity contribution is 0.0960. The summed E-state index contributed by atoms with van der Waals surface area (Å²) in [6, 6.07) is 7.96. The lowest BCUT2D eigenvalue weighted by Gasteiger charge is -2.10. The molecule has 118 valence electrons. The van der Waals surface area contributed by atoms with E-state index >= 15 is 0 Å². The van der Waals surface area contributed by atoms with Crippen molar-refractivity contribution >= 4 is 33.4 Å². The molecule has 3 N–H and O–H groups in total. The van der Waals surface area contributed by atoms with E-state index in [1.807, 2.05) is 45.0 Å². The number of carbonyl (C=O) groups excluding carboxylic acids is 1. The zero-order valence-electron chi connectivity index (χ0n) is 13.3. The lowest BCUT2D eigenvalue weighted by atomic mass is 9.98. The fourth-order valence-electron chi connectivity index (χ4n) is 2.68. The van der Waals surface area contributed by atoms with Crippen molar-refractivity contribution in [3.05, 3.63) is 40.3 Å². The molecule has 0 bridgehead atoms. The maximum absolute atomic E-state index is 12.1. The maximum atomic E-state index is 12.1. The number of nitrogens with two attached hydrogens (primary N) is 1. The van der Waals surface area contributed by atoms with Gasteiger partial charge >= 0.3 is 0 Å². The first kappa shape index (κ1) is 15.4. The van der Waals surface area contributed by atoms with Crippen LogP contribution in [0.1, 0.15) is 27.7 Å². The second-order valence-electron chi connectivity index (χ2n) is 5.39. The lowest BCUT2D eigenvalue weighted by Crippen LogP contribution is -2.21. The Morgan fingerprint density at radius 1 is 1.26 bits per heavy atom. The third-order valence-corrected chi connectivity index (χ3v) is 4.72. The number of hydrogen-bond acceptors (Lipinski definition) is 5. The average Bonchev–Trinajstić information content (AvgIpc) is 2.91. The Morgan fingerprint density at radius 2 is 1.96 bits per heavy atom. The van der Waals surface area contributed by atoms with Crippen molar-refractivity contribution in [1.29, 1.82) is 0 Å². The number of amides is 1. The van der Waals surface area contributed by atoms with Crippen molar-refractivity contribution in [3.8, 4) is 11.3 Å². The zero-order chi connectivity index (χ0) is 16.6. The topological polar surface area (TPSA) is 80.9 Å². The number of nitrogen functional groups attached to an aromatic ring is 1. The summed E-state index contributed by atoms with van der Waals surface area (Å²) in [5, 5.41) is 3.68. The molecule has 1 amide bonds. The highest BCUT2D eigenvalue weighted by Gasteiger charge is 2.18. The minimum Gasteiger partial charge on any atom is -0.368 e. The van der Waals surface area contributed by atoms with Gasteiger partial charge in [-0.15, -0.1) is 11.3 Å².